The van der Waals surface area contributed by atoms with E-state index < -0.39 is 5.60 Å². The largest absolute Gasteiger partial charge is 0.444 e. The smallest absolute Gasteiger partial charge is 0.407 e. The maximum Gasteiger partial charge on any atom is 0.407 e. The summed E-state index contributed by atoms with van der Waals surface area (Å²) in [4.78, 5) is 21.8. The Labute approximate surface area is 140 Å². The van der Waals surface area contributed by atoms with Crippen LogP contribution in [-0.2, 0) is 4.74 Å². The lowest BCUT2D eigenvalue weighted by molar-refractivity contribution is 0.0497. The normalized spacial score (nSPS) is 16.5. The topological polar surface area (TPSA) is 67.3 Å². The molecule has 1 aromatic rings. The number of aromatic nitrogens is 2. The van der Waals surface area contributed by atoms with Crippen molar-refractivity contribution in [2.24, 2.45) is 0 Å². The molecule has 122 valence electrons. The van der Waals surface area contributed by atoms with E-state index in [1.54, 1.807) is 6.20 Å². The van der Waals surface area contributed by atoms with Gasteiger partial charge in [-0.3, -0.25) is 0 Å². The molecule has 0 aliphatic carbocycles. The average molecular weight is 347 g/mol. The van der Waals surface area contributed by atoms with Crippen LogP contribution in [0.2, 0.25) is 10.4 Å². The molecule has 8 heteroatoms. The lowest BCUT2D eigenvalue weighted by Gasteiger charge is -2.34. The number of nitrogens with one attached hydrogen (secondary N) is 1. The van der Waals surface area contributed by atoms with Crippen LogP contribution in [0.25, 0.3) is 0 Å². The molecule has 2 rings (SSSR count). The van der Waals surface area contributed by atoms with Crippen LogP contribution in [0.3, 0.4) is 0 Å². The summed E-state index contributed by atoms with van der Waals surface area (Å²) in [6.45, 7) is 7.05. The van der Waals surface area contributed by atoms with E-state index in [0.717, 1.165) is 31.6 Å². The molecule has 0 bridgehead atoms. The summed E-state index contributed by atoms with van der Waals surface area (Å²) < 4.78 is 5.26. The molecule has 1 fully saturated rings. The lowest BCUT2D eigenvalue weighted by Crippen LogP contribution is -2.46. The Bertz CT molecular complexity index is 540. The molecule has 0 spiro atoms. The van der Waals surface area contributed by atoms with Crippen LogP contribution in [-0.4, -0.2) is 40.8 Å². The van der Waals surface area contributed by atoms with Crippen LogP contribution in [0, 0.1) is 0 Å². The Morgan fingerprint density at radius 1 is 1.36 bits per heavy atom. The van der Waals surface area contributed by atoms with Gasteiger partial charge < -0.3 is 15.0 Å². The van der Waals surface area contributed by atoms with E-state index in [4.69, 9.17) is 27.9 Å². The molecular formula is C14H20Cl2N4O2. The highest BCUT2D eigenvalue weighted by Crippen LogP contribution is 2.26. The van der Waals surface area contributed by atoms with E-state index in [-0.39, 0.29) is 17.4 Å². The van der Waals surface area contributed by atoms with Crippen molar-refractivity contribution < 1.29 is 9.53 Å². The molecule has 1 aliphatic heterocycles. The van der Waals surface area contributed by atoms with Crippen LogP contribution >= 0.6 is 23.2 Å². The quantitative estimate of drug-likeness (QED) is 0.657. The Kier molecular flexibility index (Phi) is 5.34. The van der Waals surface area contributed by atoms with E-state index in [0.29, 0.717) is 5.15 Å². The summed E-state index contributed by atoms with van der Waals surface area (Å²) in [5.74, 6) is 0. The molecule has 0 atom stereocenters. The zero-order valence-electron chi connectivity index (χ0n) is 12.9. The molecule has 0 aromatic carbocycles. The Balaban J connectivity index is 1.86. The summed E-state index contributed by atoms with van der Waals surface area (Å²) in [5.41, 5.74) is 0.278. The SMILES string of the molecule is CC(C)(C)OC(=O)NC1CCN(c2cnc(Cl)nc2Cl)CC1. The highest BCUT2D eigenvalue weighted by atomic mass is 35.5. The highest BCUT2D eigenvalue weighted by Gasteiger charge is 2.25. The van der Waals surface area contributed by atoms with Crippen molar-refractivity contribution in [3.05, 3.63) is 16.6 Å². The van der Waals surface area contributed by atoms with Crippen LogP contribution in [0.4, 0.5) is 10.5 Å². The third kappa shape index (κ3) is 4.88. The number of halogens is 2. The number of carbonyl (C=O) groups is 1. The minimum Gasteiger partial charge on any atom is -0.444 e. The van der Waals surface area contributed by atoms with Gasteiger partial charge in [-0.05, 0) is 45.2 Å². The van der Waals surface area contributed by atoms with Crippen LogP contribution in [0.1, 0.15) is 33.6 Å². The molecule has 22 heavy (non-hydrogen) atoms. The molecule has 0 unspecified atom stereocenters. The molecule has 1 aromatic heterocycles. The van der Waals surface area contributed by atoms with Gasteiger partial charge in [0, 0.05) is 19.1 Å². The molecule has 1 aliphatic rings. The standard InChI is InChI=1S/C14H20Cl2N4O2/c1-14(2,3)22-13(21)18-9-4-6-20(7-5-9)10-8-17-12(16)19-11(10)15/h8-9H,4-7H2,1-3H3,(H,18,21). The zero-order chi connectivity index (χ0) is 16.3. The van der Waals surface area contributed by atoms with Crippen molar-refractivity contribution in [1.29, 1.82) is 0 Å². The summed E-state index contributed by atoms with van der Waals surface area (Å²) in [5, 5.41) is 3.38. The van der Waals surface area contributed by atoms with Gasteiger partial charge in [-0.25, -0.2) is 14.8 Å². The number of hydrogen-bond donors (Lipinski definition) is 1. The molecule has 1 saturated heterocycles. The summed E-state index contributed by atoms with van der Waals surface area (Å²) in [6.07, 6.45) is 2.86. The van der Waals surface area contributed by atoms with E-state index in [1.165, 1.54) is 0 Å². The number of nitrogens with zero attached hydrogens (tertiary/aromatic N) is 3. The van der Waals surface area contributed by atoms with Crippen molar-refractivity contribution in [2.75, 3.05) is 18.0 Å². The summed E-state index contributed by atoms with van der Waals surface area (Å²) in [6, 6.07) is 0.0955. The fourth-order valence-electron chi connectivity index (χ4n) is 2.29. The first-order chi connectivity index (χ1) is 10.2. The van der Waals surface area contributed by atoms with E-state index in [9.17, 15) is 4.79 Å². The van der Waals surface area contributed by atoms with Gasteiger partial charge in [0.2, 0.25) is 5.28 Å². The Morgan fingerprint density at radius 3 is 2.55 bits per heavy atom. The van der Waals surface area contributed by atoms with E-state index in [2.05, 4.69) is 20.2 Å². The number of hydrogen-bond acceptors (Lipinski definition) is 5. The second kappa shape index (κ2) is 6.87. The van der Waals surface area contributed by atoms with Gasteiger partial charge in [-0.1, -0.05) is 11.6 Å². The van der Waals surface area contributed by atoms with Crippen molar-refractivity contribution >= 4 is 35.0 Å². The Hall–Kier alpha value is -1.27. The second-order valence-corrected chi connectivity index (χ2v) is 6.92. The zero-order valence-corrected chi connectivity index (χ0v) is 14.4. The summed E-state index contributed by atoms with van der Waals surface area (Å²) >= 11 is 11.8. The average Bonchev–Trinajstić information content (AvgIpc) is 2.38. The van der Waals surface area contributed by atoms with Crippen LogP contribution in [0.5, 0.6) is 0 Å². The van der Waals surface area contributed by atoms with Gasteiger partial charge in [0.25, 0.3) is 0 Å². The van der Waals surface area contributed by atoms with Crippen molar-refractivity contribution in [1.82, 2.24) is 15.3 Å². The molecule has 1 amide bonds. The van der Waals surface area contributed by atoms with E-state index in [1.807, 2.05) is 20.8 Å². The third-order valence-electron chi connectivity index (χ3n) is 3.25. The first-order valence-corrected chi connectivity index (χ1v) is 7.93. The lowest BCUT2D eigenvalue weighted by atomic mass is 10.1. The predicted molar refractivity (Wildman–Crippen MR) is 86.7 cm³/mol. The minimum atomic E-state index is -0.487. The number of anilines is 1. The number of ether oxygens (including phenoxy) is 1. The number of piperidine rings is 1. The third-order valence-corrected chi connectivity index (χ3v) is 3.71. The minimum absolute atomic E-state index is 0.0955. The molecule has 2 heterocycles. The predicted octanol–water partition coefficient (Wildman–Crippen LogP) is 3.28. The van der Waals surface area contributed by atoms with Gasteiger partial charge in [0.1, 0.15) is 5.60 Å². The fraction of sp³-hybridized carbons (Fsp3) is 0.643. The number of alkyl carbamates (subject to hydrolysis) is 1. The van der Waals surface area contributed by atoms with Crippen LogP contribution < -0.4 is 10.2 Å². The van der Waals surface area contributed by atoms with E-state index >= 15 is 0 Å². The van der Waals surface area contributed by atoms with Gasteiger partial charge in [0.15, 0.2) is 5.15 Å². The molecule has 0 radical (unpaired) electrons. The van der Waals surface area contributed by atoms with Crippen molar-refractivity contribution in [3.63, 3.8) is 0 Å². The van der Waals surface area contributed by atoms with Crippen molar-refractivity contribution in [2.45, 2.75) is 45.3 Å². The van der Waals surface area contributed by atoms with Crippen molar-refractivity contribution in [3.8, 4) is 0 Å². The summed E-state index contributed by atoms with van der Waals surface area (Å²) in [7, 11) is 0. The number of amides is 1. The van der Waals surface area contributed by atoms with Gasteiger partial charge in [0.05, 0.1) is 11.9 Å². The first kappa shape index (κ1) is 17.1. The molecule has 6 nitrogen and oxygen atoms in total. The monoisotopic (exact) mass is 346 g/mol. The van der Waals surface area contributed by atoms with Gasteiger partial charge in [-0.15, -0.1) is 0 Å². The number of carbonyl (C=O) groups excluding carboxylic acids is 1. The maximum atomic E-state index is 11.8. The number of rotatable bonds is 2. The molecular weight excluding hydrogens is 327 g/mol. The first-order valence-electron chi connectivity index (χ1n) is 7.17. The van der Waals surface area contributed by atoms with Gasteiger partial charge >= 0.3 is 6.09 Å². The highest BCUT2D eigenvalue weighted by molar-refractivity contribution is 6.33. The fourth-order valence-corrected chi connectivity index (χ4v) is 2.71. The maximum absolute atomic E-state index is 11.8. The molecule has 1 N–H and O–H groups in total. The van der Waals surface area contributed by atoms with Gasteiger partial charge in [-0.2, -0.15) is 0 Å². The Morgan fingerprint density at radius 2 is 2.00 bits per heavy atom. The second-order valence-electron chi connectivity index (χ2n) is 6.22. The molecule has 0 saturated carbocycles. The van der Waals surface area contributed by atoms with Crippen LogP contribution in [0.15, 0.2) is 6.20 Å².